The molecule has 0 aliphatic heterocycles. The van der Waals surface area contributed by atoms with Crippen LogP contribution in [0.3, 0.4) is 0 Å². The van der Waals surface area contributed by atoms with E-state index in [0.29, 0.717) is 5.75 Å². The Kier molecular flexibility index (Phi) is 5.91. The zero-order chi connectivity index (χ0) is 12.7. The number of thioether (sulfide) groups is 1. The van der Waals surface area contributed by atoms with Gasteiger partial charge in [0, 0.05) is 10.9 Å². The molecule has 1 atom stereocenters. The zero-order valence-corrected chi connectivity index (χ0v) is 11.3. The minimum absolute atomic E-state index is 0.0761. The molecule has 0 aromatic heterocycles. The number of ether oxygens (including phenoxy) is 1. The van der Waals surface area contributed by atoms with Gasteiger partial charge in [-0.05, 0) is 31.5 Å². The van der Waals surface area contributed by atoms with Gasteiger partial charge in [-0.25, -0.2) is 0 Å². The number of carbonyl (C=O) groups is 1. The number of hydrogen-bond acceptors (Lipinski definition) is 3. The molecule has 0 aliphatic rings. The van der Waals surface area contributed by atoms with Crippen LogP contribution < -0.4 is 10.1 Å². The molecule has 1 aromatic rings. The molecule has 4 heteroatoms. The molecule has 1 N–H and O–H groups in total. The van der Waals surface area contributed by atoms with E-state index >= 15 is 0 Å². The lowest BCUT2D eigenvalue weighted by Gasteiger charge is -2.11. The summed E-state index contributed by atoms with van der Waals surface area (Å²) in [6, 6.07) is 7.97. The number of amides is 1. The maximum Gasteiger partial charge on any atom is 0.230 e. The molecule has 0 fully saturated rings. The molecule has 17 heavy (non-hydrogen) atoms. The van der Waals surface area contributed by atoms with Gasteiger partial charge >= 0.3 is 0 Å². The van der Waals surface area contributed by atoms with Crippen molar-refractivity contribution in [2.24, 2.45) is 0 Å². The van der Waals surface area contributed by atoms with E-state index < -0.39 is 0 Å². The van der Waals surface area contributed by atoms with Gasteiger partial charge in [-0.2, -0.15) is 0 Å². The van der Waals surface area contributed by atoms with Gasteiger partial charge in [0.2, 0.25) is 5.91 Å². The normalized spacial score (nSPS) is 11.9. The molecular weight excluding hydrogens is 234 g/mol. The number of nitrogens with one attached hydrogen (secondary N) is 1. The Hall–Kier alpha value is -1.16. The largest absolute Gasteiger partial charge is 0.497 e. The third kappa shape index (κ3) is 5.13. The molecule has 0 bridgehead atoms. The summed E-state index contributed by atoms with van der Waals surface area (Å²) >= 11 is 1.52. The first kappa shape index (κ1) is 13.9. The summed E-state index contributed by atoms with van der Waals surface area (Å²) < 4.78 is 5.13. The van der Waals surface area contributed by atoms with Crippen LogP contribution in [0.4, 0.5) is 0 Å². The SMILES string of the molecule is CC[C@H](C)NC(=O)CSc1cccc(OC)c1. The molecule has 94 valence electrons. The molecular formula is C13H19NO2S. The van der Waals surface area contributed by atoms with E-state index in [1.165, 1.54) is 11.8 Å². The van der Waals surface area contributed by atoms with Gasteiger partial charge in [0.1, 0.15) is 5.75 Å². The highest BCUT2D eigenvalue weighted by atomic mass is 32.2. The zero-order valence-electron chi connectivity index (χ0n) is 10.5. The Labute approximate surface area is 107 Å². The van der Waals surface area contributed by atoms with Gasteiger partial charge in [-0.1, -0.05) is 13.0 Å². The molecule has 0 saturated heterocycles. The van der Waals surface area contributed by atoms with Crippen molar-refractivity contribution in [3.05, 3.63) is 24.3 Å². The smallest absolute Gasteiger partial charge is 0.230 e. The summed E-state index contributed by atoms with van der Waals surface area (Å²) in [6.07, 6.45) is 0.954. The Morgan fingerprint density at radius 3 is 2.94 bits per heavy atom. The second-order valence-electron chi connectivity index (χ2n) is 3.84. The van der Waals surface area contributed by atoms with Crippen molar-refractivity contribution >= 4 is 17.7 Å². The molecule has 1 amide bonds. The number of hydrogen-bond donors (Lipinski definition) is 1. The fourth-order valence-corrected chi connectivity index (χ4v) is 2.01. The molecule has 0 saturated carbocycles. The van der Waals surface area contributed by atoms with Crippen LogP contribution >= 0.6 is 11.8 Å². The lowest BCUT2D eigenvalue weighted by Crippen LogP contribution is -2.33. The van der Waals surface area contributed by atoms with Crippen LogP contribution in [0.1, 0.15) is 20.3 Å². The third-order valence-corrected chi connectivity index (χ3v) is 3.42. The number of methoxy groups -OCH3 is 1. The molecule has 1 rings (SSSR count). The number of benzene rings is 1. The summed E-state index contributed by atoms with van der Waals surface area (Å²) in [7, 11) is 1.64. The average Bonchev–Trinajstić information content (AvgIpc) is 2.36. The average molecular weight is 253 g/mol. The first-order valence-corrected chi connectivity index (χ1v) is 6.70. The highest BCUT2D eigenvalue weighted by molar-refractivity contribution is 8.00. The van der Waals surface area contributed by atoms with E-state index in [9.17, 15) is 4.79 Å². The molecule has 0 heterocycles. The van der Waals surface area contributed by atoms with E-state index in [2.05, 4.69) is 12.2 Å². The maximum atomic E-state index is 11.6. The van der Waals surface area contributed by atoms with Crippen molar-refractivity contribution in [3.8, 4) is 5.75 Å². The van der Waals surface area contributed by atoms with Gasteiger partial charge in [0.25, 0.3) is 0 Å². The second kappa shape index (κ2) is 7.22. The molecule has 0 spiro atoms. The van der Waals surface area contributed by atoms with Crippen LogP contribution in [-0.4, -0.2) is 24.8 Å². The summed E-state index contributed by atoms with van der Waals surface area (Å²) in [5.74, 6) is 1.34. The van der Waals surface area contributed by atoms with Crippen molar-refractivity contribution in [2.75, 3.05) is 12.9 Å². The van der Waals surface area contributed by atoms with Crippen LogP contribution in [0.25, 0.3) is 0 Å². The lowest BCUT2D eigenvalue weighted by molar-refractivity contribution is -0.119. The summed E-state index contributed by atoms with van der Waals surface area (Å²) in [5, 5.41) is 2.94. The first-order valence-electron chi connectivity index (χ1n) is 5.72. The van der Waals surface area contributed by atoms with Gasteiger partial charge in [0.05, 0.1) is 12.9 Å². The van der Waals surface area contributed by atoms with Crippen LogP contribution in [0, 0.1) is 0 Å². The van der Waals surface area contributed by atoms with Crippen LogP contribution in [0.5, 0.6) is 5.75 Å². The predicted molar refractivity (Wildman–Crippen MR) is 71.6 cm³/mol. The van der Waals surface area contributed by atoms with Gasteiger partial charge in [-0.3, -0.25) is 4.79 Å². The van der Waals surface area contributed by atoms with Crippen molar-refractivity contribution < 1.29 is 9.53 Å². The van der Waals surface area contributed by atoms with Crippen LogP contribution in [-0.2, 0) is 4.79 Å². The Morgan fingerprint density at radius 1 is 1.53 bits per heavy atom. The fourth-order valence-electron chi connectivity index (χ4n) is 1.26. The minimum atomic E-state index is 0.0761. The Balaban J connectivity index is 2.41. The molecule has 0 aliphatic carbocycles. The Bertz CT molecular complexity index is 368. The highest BCUT2D eigenvalue weighted by Crippen LogP contribution is 2.22. The van der Waals surface area contributed by atoms with Crippen molar-refractivity contribution in [3.63, 3.8) is 0 Å². The van der Waals surface area contributed by atoms with Gasteiger partial charge in [0.15, 0.2) is 0 Å². The van der Waals surface area contributed by atoms with E-state index in [1.807, 2.05) is 31.2 Å². The quantitative estimate of drug-likeness (QED) is 0.792. The highest BCUT2D eigenvalue weighted by Gasteiger charge is 2.06. The summed E-state index contributed by atoms with van der Waals surface area (Å²) in [6.45, 7) is 4.06. The Morgan fingerprint density at radius 2 is 2.29 bits per heavy atom. The third-order valence-electron chi connectivity index (χ3n) is 2.43. The van der Waals surface area contributed by atoms with Crippen molar-refractivity contribution in [2.45, 2.75) is 31.2 Å². The molecule has 3 nitrogen and oxygen atoms in total. The monoisotopic (exact) mass is 253 g/mol. The number of rotatable bonds is 6. The van der Waals surface area contributed by atoms with E-state index in [-0.39, 0.29) is 11.9 Å². The fraction of sp³-hybridized carbons (Fsp3) is 0.462. The summed E-state index contributed by atoms with van der Waals surface area (Å²) in [4.78, 5) is 12.6. The second-order valence-corrected chi connectivity index (χ2v) is 4.89. The molecule has 1 aromatic carbocycles. The van der Waals surface area contributed by atoms with Gasteiger partial charge < -0.3 is 10.1 Å². The minimum Gasteiger partial charge on any atom is -0.497 e. The summed E-state index contributed by atoms with van der Waals surface area (Å²) in [5.41, 5.74) is 0. The molecule has 0 unspecified atom stereocenters. The van der Waals surface area contributed by atoms with Crippen LogP contribution in [0.2, 0.25) is 0 Å². The topological polar surface area (TPSA) is 38.3 Å². The predicted octanol–water partition coefficient (Wildman–Crippen LogP) is 2.70. The first-order chi connectivity index (χ1) is 8.15. The van der Waals surface area contributed by atoms with E-state index in [0.717, 1.165) is 17.1 Å². The standard InChI is InChI=1S/C13H19NO2S/c1-4-10(2)14-13(15)9-17-12-7-5-6-11(8-12)16-3/h5-8,10H,4,9H2,1-3H3,(H,14,15)/t10-/m0/s1. The molecule has 0 radical (unpaired) electrons. The van der Waals surface area contributed by atoms with Crippen LogP contribution in [0.15, 0.2) is 29.2 Å². The maximum absolute atomic E-state index is 11.6. The lowest BCUT2D eigenvalue weighted by atomic mass is 10.3. The van der Waals surface area contributed by atoms with Crippen molar-refractivity contribution in [1.82, 2.24) is 5.32 Å². The van der Waals surface area contributed by atoms with Crippen molar-refractivity contribution in [1.29, 1.82) is 0 Å². The van der Waals surface area contributed by atoms with E-state index in [1.54, 1.807) is 7.11 Å². The van der Waals surface area contributed by atoms with E-state index in [4.69, 9.17) is 4.74 Å². The number of carbonyl (C=O) groups excluding carboxylic acids is 1. The van der Waals surface area contributed by atoms with Gasteiger partial charge in [-0.15, -0.1) is 11.8 Å².